The second-order valence-electron chi connectivity index (χ2n) is 3.92. The smallest absolute Gasteiger partial charge is 0.204 e. The first-order valence-corrected chi connectivity index (χ1v) is 6.07. The van der Waals surface area contributed by atoms with Crippen LogP contribution in [-0.2, 0) is 6.42 Å². The van der Waals surface area contributed by atoms with Gasteiger partial charge in [-0.05, 0) is 30.2 Å². The van der Waals surface area contributed by atoms with Crippen molar-refractivity contribution in [3.63, 3.8) is 0 Å². The molecule has 1 aromatic carbocycles. The van der Waals surface area contributed by atoms with Gasteiger partial charge >= 0.3 is 0 Å². The van der Waals surface area contributed by atoms with Gasteiger partial charge in [-0.1, -0.05) is 29.3 Å². The average Bonchev–Trinajstić information content (AvgIpc) is 2.33. The molecule has 1 heterocycles. The summed E-state index contributed by atoms with van der Waals surface area (Å²) in [4.78, 5) is 19.9. The molecule has 3 nitrogen and oxygen atoms in total. The van der Waals surface area contributed by atoms with Crippen molar-refractivity contribution in [2.75, 3.05) is 0 Å². The molecule has 0 N–H and O–H groups in total. The molecule has 0 aliphatic heterocycles. The summed E-state index contributed by atoms with van der Waals surface area (Å²) in [5, 5.41) is 1.02. The van der Waals surface area contributed by atoms with Crippen molar-refractivity contribution in [2.24, 2.45) is 0 Å². The maximum absolute atomic E-state index is 11.9. The Balaban J connectivity index is 2.18. The van der Waals surface area contributed by atoms with Crippen molar-refractivity contribution in [2.45, 2.75) is 13.3 Å². The Morgan fingerprint density at radius 1 is 1.22 bits per heavy atom. The van der Waals surface area contributed by atoms with Crippen molar-refractivity contribution in [1.29, 1.82) is 0 Å². The highest BCUT2D eigenvalue weighted by Crippen LogP contribution is 2.21. The van der Waals surface area contributed by atoms with E-state index in [0.717, 1.165) is 11.1 Å². The van der Waals surface area contributed by atoms with Gasteiger partial charge < -0.3 is 0 Å². The van der Waals surface area contributed by atoms with Crippen LogP contribution in [0.2, 0.25) is 10.0 Å². The molecule has 0 spiro atoms. The molecule has 2 rings (SSSR count). The molecule has 0 bridgehead atoms. The van der Waals surface area contributed by atoms with Gasteiger partial charge in [0.05, 0.1) is 0 Å². The van der Waals surface area contributed by atoms with Crippen molar-refractivity contribution in [3.05, 3.63) is 57.6 Å². The SMILES string of the molecule is Cc1cnc(C(=O)Cc2ccc(Cl)cc2Cl)nc1. The van der Waals surface area contributed by atoms with Gasteiger partial charge in [0.15, 0.2) is 5.82 Å². The largest absolute Gasteiger partial charge is 0.290 e. The lowest BCUT2D eigenvalue weighted by Crippen LogP contribution is -2.08. The first-order valence-electron chi connectivity index (χ1n) is 5.32. The van der Waals surface area contributed by atoms with Crippen LogP contribution in [0.25, 0.3) is 0 Å². The van der Waals surface area contributed by atoms with Crippen LogP contribution >= 0.6 is 23.2 Å². The van der Waals surface area contributed by atoms with Gasteiger partial charge in [-0.15, -0.1) is 0 Å². The Morgan fingerprint density at radius 3 is 2.50 bits per heavy atom. The third-order valence-electron chi connectivity index (χ3n) is 2.40. The fourth-order valence-electron chi connectivity index (χ4n) is 1.45. The highest BCUT2D eigenvalue weighted by molar-refractivity contribution is 6.35. The number of aromatic nitrogens is 2. The van der Waals surface area contributed by atoms with Crippen LogP contribution in [0.4, 0.5) is 0 Å². The third-order valence-corrected chi connectivity index (χ3v) is 2.98. The molecule has 0 atom stereocenters. The van der Waals surface area contributed by atoms with E-state index in [0.29, 0.717) is 10.0 Å². The average molecular weight is 281 g/mol. The van der Waals surface area contributed by atoms with Gasteiger partial charge in [0, 0.05) is 28.9 Å². The number of halogens is 2. The van der Waals surface area contributed by atoms with Crippen LogP contribution in [0.5, 0.6) is 0 Å². The molecule has 0 amide bonds. The number of carbonyl (C=O) groups is 1. The molecule has 0 saturated heterocycles. The van der Waals surface area contributed by atoms with E-state index in [2.05, 4.69) is 9.97 Å². The summed E-state index contributed by atoms with van der Waals surface area (Å²) in [5.41, 5.74) is 1.63. The van der Waals surface area contributed by atoms with Gasteiger partial charge in [-0.3, -0.25) is 4.79 Å². The van der Waals surface area contributed by atoms with E-state index >= 15 is 0 Å². The standard InChI is InChI=1S/C13H10Cl2N2O/c1-8-6-16-13(17-7-8)12(18)4-9-2-3-10(14)5-11(9)15/h2-3,5-7H,4H2,1H3. The number of aryl methyl sites for hydroxylation is 1. The van der Waals surface area contributed by atoms with Crippen LogP contribution in [-0.4, -0.2) is 15.8 Å². The fraction of sp³-hybridized carbons (Fsp3) is 0.154. The second kappa shape index (κ2) is 5.46. The molecule has 5 heteroatoms. The molecule has 0 radical (unpaired) electrons. The number of Topliss-reactive ketones (excluding diaryl/α,β-unsaturated/α-hetero) is 1. The van der Waals surface area contributed by atoms with Crippen LogP contribution in [0.3, 0.4) is 0 Å². The molecular weight excluding hydrogens is 271 g/mol. The molecular formula is C13H10Cl2N2O. The predicted octanol–water partition coefficient (Wildman–Crippen LogP) is 3.52. The minimum atomic E-state index is -0.167. The van der Waals surface area contributed by atoms with Gasteiger partial charge in [0.2, 0.25) is 5.78 Å². The van der Waals surface area contributed by atoms with E-state index in [9.17, 15) is 4.79 Å². The van der Waals surface area contributed by atoms with Crippen LogP contribution < -0.4 is 0 Å². The number of rotatable bonds is 3. The lowest BCUT2D eigenvalue weighted by Gasteiger charge is -2.03. The summed E-state index contributed by atoms with van der Waals surface area (Å²) >= 11 is 11.8. The monoisotopic (exact) mass is 280 g/mol. The van der Waals surface area contributed by atoms with Crippen LogP contribution in [0.1, 0.15) is 21.7 Å². The van der Waals surface area contributed by atoms with E-state index < -0.39 is 0 Å². The molecule has 0 aliphatic rings. The Hall–Kier alpha value is -1.45. The summed E-state index contributed by atoms with van der Waals surface area (Å²) in [7, 11) is 0. The normalized spacial score (nSPS) is 10.4. The summed E-state index contributed by atoms with van der Waals surface area (Å²) in [6.45, 7) is 1.87. The number of hydrogen-bond acceptors (Lipinski definition) is 3. The van der Waals surface area contributed by atoms with Crippen molar-refractivity contribution in [1.82, 2.24) is 9.97 Å². The van der Waals surface area contributed by atoms with Gasteiger partial charge in [0.25, 0.3) is 0 Å². The highest BCUT2D eigenvalue weighted by atomic mass is 35.5. The summed E-state index contributed by atoms with van der Waals surface area (Å²) in [6.07, 6.45) is 3.40. The Kier molecular flexibility index (Phi) is 3.94. The molecule has 1 aromatic heterocycles. The zero-order valence-electron chi connectivity index (χ0n) is 9.65. The number of benzene rings is 1. The minimum absolute atomic E-state index is 0.166. The van der Waals surface area contributed by atoms with Gasteiger partial charge in [-0.25, -0.2) is 9.97 Å². The van der Waals surface area contributed by atoms with Crippen molar-refractivity contribution >= 4 is 29.0 Å². The molecule has 18 heavy (non-hydrogen) atoms. The van der Waals surface area contributed by atoms with Gasteiger partial charge in [0.1, 0.15) is 0 Å². The van der Waals surface area contributed by atoms with Crippen molar-refractivity contribution in [3.8, 4) is 0 Å². The van der Waals surface area contributed by atoms with E-state index in [-0.39, 0.29) is 18.0 Å². The second-order valence-corrected chi connectivity index (χ2v) is 4.76. The summed E-state index contributed by atoms with van der Waals surface area (Å²) in [6, 6.07) is 5.05. The maximum Gasteiger partial charge on any atom is 0.204 e. The van der Waals surface area contributed by atoms with E-state index in [1.807, 2.05) is 6.92 Å². The molecule has 0 fully saturated rings. The molecule has 0 aliphatic carbocycles. The Morgan fingerprint density at radius 2 is 1.89 bits per heavy atom. The quantitative estimate of drug-likeness (QED) is 0.808. The van der Waals surface area contributed by atoms with Crippen molar-refractivity contribution < 1.29 is 4.79 Å². The highest BCUT2D eigenvalue weighted by Gasteiger charge is 2.12. The Bertz CT molecular complexity index is 582. The molecule has 92 valence electrons. The van der Waals surface area contributed by atoms with E-state index in [1.54, 1.807) is 30.6 Å². The van der Waals surface area contributed by atoms with Crippen LogP contribution in [0.15, 0.2) is 30.6 Å². The molecule has 0 saturated carbocycles. The number of ketones is 1. The summed E-state index contributed by atoms with van der Waals surface area (Å²) < 4.78 is 0. The van der Waals surface area contributed by atoms with Crippen LogP contribution in [0, 0.1) is 6.92 Å². The summed E-state index contributed by atoms with van der Waals surface area (Å²) in [5.74, 6) is 0.0332. The lowest BCUT2D eigenvalue weighted by molar-refractivity contribution is 0.0983. The third kappa shape index (κ3) is 3.06. The fourth-order valence-corrected chi connectivity index (χ4v) is 1.93. The van der Waals surface area contributed by atoms with Gasteiger partial charge in [-0.2, -0.15) is 0 Å². The maximum atomic E-state index is 11.9. The number of hydrogen-bond donors (Lipinski definition) is 0. The topological polar surface area (TPSA) is 42.9 Å². The van der Waals surface area contributed by atoms with E-state index in [4.69, 9.17) is 23.2 Å². The zero-order chi connectivity index (χ0) is 13.1. The van der Waals surface area contributed by atoms with E-state index in [1.165, 1.54) is 0 Å². The Labute approximate surface area is 115 Å². The lowest BCUT2D eigenvalue weighted by atomic mass is 10.1. The predicted molar refractivity (Wildman–Crippen MR) is 71.3 cm³/mol. The molecule has 2 aromatic rings. The molecule has 0 unspecified atom stereocenters. The first kappa shape index (κ1) is 13.0. The zero-order valence-corrected chi connectivity index (χ0v) is 11.2. The first-order chi connectivity index (χ1) is 8.56. The number of nitrogens with zero attached hydrogens (tertiary/aromatic N) is 2. The minimum Gasteiger partial charge on any atom is -0.290 e. The number of carbonyl (C=O) groups excluding carboxylic acids is 1.